The highest BCUT2D eigenvalue weighted by Crippen LogP contribution is 2.24. The number of morpholine rings is 1. The molecule has 0 unspecified atom stereocenters. The molecule has 1 N–H and O–H groups in total. The van der Waals surface area contributed by atoms with Gasteiger partial charge < -0.3 is 9.64 Å². The third kappa shape index (κ3) is 5.75. The van der Waals surface area contributed by atoms with Gasteiger partial charge in [0, 0.05) is 32.7 Å². The molecule has 9 heteroatoms. The molecule has 0 bridgehead atoms. The Morgan fingerprint density at radius 1 is 1.21 bits per heavy atom. The second-order valence-electron chi connectivity index (χ2n) is 7.62. The lowest BCUT2D eigenvalue weighted by atomic mass is 9.93. The zero-order chi connectivity index (χ0) is 20.9. The zero-order valence-electron chi connectivity index (χ0n) is 16.9. The van der Waals surface area contributed by atoms with Gasteiger partial charge >= 0.3 is 0 Å². The van der Waals surface area contributed by atoms with Crippen molar-refractivity contribution in [3.8, 4) is 0 Å². The highest BCUT2D eigenvalue weighted by atomic mass is 32.2. The lowest BCUT2D eigenvalue weighted by Gasteiger charge is -2.34. The first-order chi connectivity index (χ1) is 13.9. The van der Waals surface area contributed by atoms with Gasteiger partial charge in [-0.25, -0.2) is 17.5 Å². The van der Waals surface area contributed by atoms with E-state index < -0.39 is 21.7 Å². The molecular formula is C20H30FN3O4S. The molecule has 2 aliphatic rings. The van der Waals surface area contributed by atoms with Crippen molar-refractivity contribution in [2.75, 3.05) is 52.5 Å². The van der Waals surface area contributed by atoms with Crippen molar-refractivity contribution in [2.45, 2.75) is 31.1 Å². The first-order valence-corrected chi connectivity index (χ1v) is 11.8. The zero-order valence-corrected chi connectivity index (χ0v) is 17.7. The number of nitrogens with one attached hydrogen (secondary N) is 1. The first kappa shape index (κ1) is 22.1. The van der Waals surface area contributed by atoms with Crippen molar-refractivity contribution < 1.29 is 22.3 Å². The number of benzene rings is 1. The van der Waals surface area contributed by atoms with Crippen LogP contribution in [0.2, 0.25) is 0 Å². The molecule has 0 spiro atoms. The Balaban J connectivity index is 1.57. The van der Waals surface area contributed by atoms with Gasteiger partial charge in [0.2, 0.25) is 10.0 Å². The second-order valence-corrected chi connectivity index (χ2v) is 9.39. The summed E-state index contributed by atoms with van der Waals surface area (Å²) in [5, 5.41) is 0. The lowest BCUT2D eigenvalue weighted by Crippen LogP contribution is -2.41. The Labute approximate surface area is 172 Å². The lowest BCUT2D eigenvalue weighted by molar-refractivity contribution is 0.0332. The third-order valence-corrected chi connectivity index (χ3v) is 7.22. The van der Waals surface area contributed by atoms with Gasteiger partial charge in [-0.05, 0) is 49.9 Å². The summed E-state index contributed by atoms with van der Waals surface area (Å²) in [6.07, 6.45) is 2.85. The average molecular weight is 428 g/mol. The Kier molecular flexibility index (Phi) is 7.61. The largest absolute Gasteiger partial charge is 0.379 e. The van der Waals surface area contributed by atoms with Crippen LogP contribution < -0.4 is 4.72 Å². The van der Waals surface area contributed by atoms with Crippen molar-refractivity contribution in [2.24, 2.45) is 5.92 Å². The standard InChI is InChI=1S/C20H30FN3O4S/c1-2-22-29(26,27)17-3-4-19(21)18(15-17)20(25)24-9-6-16(7-10-24)5-8-23-11-13-28-14-12-23/h3-4,15-16,22H,2,5-14H2,1H3. The number of sulfonamides is 1. The van der Waals surface area contributed by atoms with Crippen LogP contribution in [0.3, 0.4) is 0 Å². The van der Waals surface area contributed by atoms with Crippen LogP contribution >= 0.6 is 0 Å². The topological polar surface area (TPSA) is 79.0 Å². The Morgan fingerprint density at radius 2 is 1.90 bits per heavy atom. The summed E-state index contributed by atoms with van der Waals surface area (Å²) < 4.78 is 46.3. The summed E-state index contributed by atoms with van der Waals surface area (Å²) in [4.78, 5) is 16.8. The summed E-state index contributed by atoms with van der Waals surface area (Å²) in [7, 11) is -3.74. The first-order valence-electron chi connectivity index (χ1n) is 10.3. The fraction of sp³-hybridized carbons (Fsp3) is 0.650. The van der Waals surface area contributed by atoms with Gasteiger partial charge in [0.25, 0.3) is 5.91 Å². The number of piperidine rings is 1. The normalized spacial score (nSPS) is 19.4. The van der Waals surface area contributed by atoms with Crippen molar-refractivity contribution in [3.63, 3.8) is 0 Å². The van der Waals surface area contributed by atoms with E-state index in [0.29, 0.717) is 19.0 Å². The molecule has 1 amide bonds. The minimum Gasteiger partial charge on any atom is -0.379 e. The van der Waals surface area contributed by atoms with E-state index in [1.807, 2.05) is 0 Å². The summed E-state index contributed by atoms with van der Waals surface area (Å²) in [5.41, 5.74) is -0.184. The predicted octanol–water partition coefficient (Wildman–Crippen LogP) is 1.70. The summed E-state index contributed by atoms with van der Waals surface area (Å²) in [6, 6.07) is 3.37. The van der Waals surface area contributed by atoms with E-state index in [9.17, 15) is 17.6 Å². The number of carbonyl (C=O) groups excluding carboxylic acids is 1. The van der Waals surface area contributed by atoms with Crippen molar-refractivity contribution in [3.05, 3.63) is 29.6 Å². The van der Waals surface area contributed by atoms with Crippen LogP contribution in [0.5, 0.6) is 0 Å². The highest BCUT2D eigenvalue weighted by Gasteiger charge is 2.27. The molecule has 0 saturated carbocycles. The van der Waals surface area contributed by atoms with Gasteiger partial charge in [-0.2, -0.15) is 0 Å². The van der Waals surface area contributed by atoms with Crippen LogP contribution in [0.1, 0.15) is 36.5 Å². The number of carbonyl (C=O) groups is 1. The molecule has 2 saturated heterocycles. The minimum atomic E-state index is -3.74. The third-order valence-electron chi connectivity index (χ3n) is 5.67. The molecular weight excluding hydrogens is 397 g/mol. The molecule has 2 heterocycles. The van der Waals surface area contributed by atoms with Crippen molar-refractivity contribution in [1.82, 2.24) is 14.5 Å². The van der Waals surface area contributed by atoms with Crippen molar-refractivity contribution >= 4 is 15.9 Å². The van der Waals surface area contributed by atoms with E-state index in [0.717, 1.165) is 64.2 Å². The Morgan fingerprint density at radius 3 is 2.55 bits per heavy atom. The van der Waals surface area contributed by atoms with Crippen LogP contribution in [0.25, 0.3) is 0 Å². The highest BCUT2D eigenvalue weighted by molar-refractivity contribution is 7.89. The van der Waals surface area contributed by atoms with Gasteiger partial charge in [0.1, 0.15) is 5.82 Å². The molecule has 1 aromatic rings. The van der Waals surface area contributed by atoms with Crippen molar-refractivity contribution in [1.29, 1.82) is 0 Å². The fourth-order valence-electron chi connectivity index (χ4n) is 3.89. The molecule has 2 aliphatic heterocycles. The maximum atomic E-state index is 14.3. The molecule has 29 heavy (non-hydrogen) atoms. The number of hydrogen-bond acceptors (Lipinski definition) is 5. The van der Waals surface area contributed by atoms with Gasteiger partial charge in [0.15, 0.2) is 0 Å². The van der Waals surface area contributed by atoms with Gasteiger partial charge in [-0.15, -0.1) is 0 Å². The monoisotopic (exact) mass is 427 g/mol. The molecule has 3 rings (SSSR count). The molecule has 2 fully saturated rings. The summed E-state index contributed by atoms with van der Waals surface area (Å²) in [6.45, 7) is 7.60. The fourth-order valence-corrected chi connectivity index (χ4v) is 4.96. The number of likely N-dealkylation sites (tertiary alicyclic amines) is 1. The van der Waals surface area contributed by atoms with E-state index in [4.69, 9.17) is 4.74 Å². The van der Waals surface area contributed by atoms with E-state index >= 15 is 0 Å². The van der Waals surface area contributed by atoms with Crippen LogP contribution in [-0.2, 0) is 14.8 Å². The number of halogens is 1. The second kappa shape index (κ2) is 9.97. The number of amides is 1. The van der Waals surface area contributed by atoms with E-state index in [2.05, 4.69) is 9.62 Å². The molecule has 0 atom stereocenters. The van der Waals surface area contributed by atoms with Crippen LogP contribution in [-0.4, -0.2) is 76.6 Å². The average Bonchev–Trinajstić information content (AvgIpc) is 2.73. The maximum absolute atomic E-state index is 14.3. The quantitative estimate of drug-likeness (QED) is 0.717. The summed E-state index contributed by atoms with van der Waals surface area (Å²) >= 11 is 0. The number of hydrogen-bond donors (Lipinski definition) is 1. The number of rotatable bonds is 7. The predicted molar refractivity (Wildman–Crippen MR) is 108 cm³/mol. The van der Waals surface area contributed by atoms with Gasteiger partial charge in [-0.1, -0.05) is 6.92 Å². The molecule has 162 valence electrons. The van der Waals surface area contributed by atoms with Crippen LogP contribution in [0.4, 0.5) is 4.39 Å². The Bertz CT molecular complexity index is 804. The molecule has 0 aromatic heterocycles. The van der Waals surface area contributed by atoms with E-state index in [-0.39, 0.29) is 17.0 Å². The molecule has 1 aromatic carbocycles. The summed E-state index contributed by atoms with van der Waals surface area (Å²) in [5.74, 6) is -0.588. The molecule has 7 nitrogen and oxygen atoms in total. The SMILES string of the molecule is CCNS(=O)(=O)c1ccc(F)c(C(=O)N2CCC(CCN3CCOCC3)CC2)c1. The number of nitrogens with zero attached hydrogens (tertiary/aromatic N) is 2. The van der Waals surface area contributed by atoms with Gasteiger partial charge in [-0.3, -0.25) is 9.69 Å². The number of ether oxygens (including phenoxy) is 1. The molecule has 0 aliphatic carbocycles. The van der Waals surface area contributed by atoms with Crippen LogP contribution in [0.15, 0.2) is 23.1 Å². The molecule has 0 radical (unpaired) electrons. The van der Waals surface area contributed by atoms with E-state index in [1.54, 1.807) is 11.8 Å². The van der Waals surface area contributed by atoms with E-state index in [1.165, 1.54) is 6.07 Å². The smallest absolute Gasteiger partial charge is 0.256 e. The van der Waals surface area contributed by atoms with Gasteiger partial charge in [0.05, 0.1) is 23.7 Å². The maximum Gasteiger partial charge on any atom is 0.256 e. The minimum absolute atomic E-state index is 0.0931. The Hall–Kier alpha value is -1.55. The van der Waals surface area contributed by atoms with Crippen LogP contribution in [0, 0.1) is 11.7 Å².